The van der Waals surface area contributed by atoms with Crippen molar-refractivity contribution in [3.63, 3.8) is 0 Å². The van der Waals surface area contributed by atoms with Crippen LogP contribution in [0.1, 0.15) is 25.3 Å². The van der Waals surface area contributed by atoms with E-state index in [1.807, 2.05) is 50.3 Å². The first-order valence-corrected chi connectivity index (χ1v) is 7.30. The van der Waals surface area contributed by atoms with Crippen LogP contribution in [0.25, 0.3) is 0 Å². The van der Waals surface area contributed by atoms with Gasteiger partial charge in [-0.1, -0.05) is 24.3 Å². The molecule has 112 valence electrons. The van der Waals surface area contributed by atoms with Crippen LogP contribution < -0.4 is 4.90 Å². The van der Waals surface area contributed by atoms with Crippen molar-refractivity contribution in [2.24, 2.45) is 11.8 Å². The minimum Gasteiger partial charge on any atom is -0.481 e. The number of carboxylic acid groups (broad SMARTS) is 1. The molecule has 2 unspecified atom stereocenters. The molecule has 0 saturated carbocycles. The Morgan fingerprint density at radius 3 is 2.48 bits per heavy atom. The molecule has 0 spiro atoms. The summed E-state index contributed by atoms with van der Waals surface area (Å²) in [5.41, 5.74) is 1.92. The van der Waals surface area contributed by atoms with Gasteiger partial charge in [0.15, 0.2) is 0 Å². The summed E-state index contributed by atoms with van der Waals surface area (Å²) in [6, 6.07) is 7.74. The van der Waals surface area contributed by atoms with E-state index < -0.39 is 17.8 Å². The third kappa shape index (κ3) is 3.32. The highest BCUT2D eigenvalue weighted by Crippen LogP contribution is 2.29. The van der Waals surface area contributed by atoms with Crippen molar-refractivity contribution < 1.29 is 14.7 Å². The fourth-order valence-electron chi connectivity index (χ4n) is 2.82. The number of hydrogen-bond donors (Lipinski definition) is 1. The summed E-state index contributed by atoms with van der Waals surface area (Å²) in [6.07, 6.45) is 4.69. The molecule has 1 N–H and O–H groups in total. The maximum atomic E-state index is 12.8. The zero-order chi connectivity index (χ0) is 15.4. The lowest BCUT2D eigenvalue weighted by Gasteiger charge is -2.30. The number of benzene rings is 1. The quantitative estimate of drug-likeness (QED) is 0.866. The van der Waals surface area contributed by atoms with E-state index in [0.717, 1.165) is 11.3 Å². The van der Waals surface area contributed by atoms with E-state index in [1.54, 1.807) is 4.90 Å². The molecule has 4 heteroatoms. The van der Waals surface area contributed by atoms with Gasteiger partial charge in [-0.05, 0) is 44.4 Å². The van der Waals surface area contributed by atoms with Crippen molar-refractivity contribution in [1.82, 2.24) is 0 Å². The highest BCUT2D eigenvalue weighted by molar-refractivity contribution is 5.97. The molecule has 0 heterocycles. The third-order valence-electron chi connectivity index (χ3n) is 3.96. The molecule has 0 aliphatic heterocycles. The second kappa shape index (κ2) is 6.57. The second-order valence-electron chi connectivity index (χ2n) is 5.42. The van der Waals surface area contributed by atoms with Crippen LogP contribution >= 0.6 is 0 Å². The van der Waals surface area contributed by atoms with Crippen molar-refractivity contribution in [2.45, 2.75) is 26.7 Å². The summed E-state index contributed by atoms with van der Waals surface area (Å²) in [6.45, 7) is 4.43. The van der Waals surface area contributed by atoms with Crippen LogP contribution in [0.3, 0.4) is 0 Å². The summed E-state index contributed by atoms with van der Waals surface area (Å²) in [5.74, 6) is -2.09. The Balaban J connectivity index is 2.27. The average molecular weight is 287 g/mol. The molecule has 1 aliphatic rings. The fourth-order valence-corrected chi connectivity index (χ4v) is 2.82. The van der Waals surface area contributed by atoms with Crippen molar-refractivity contribution in [3.8, 4) is 0 Å². The summed E-state index contributed by atoms with van der Waals surface area (Å²) in [7, 11) is 0. The Morgan fingerprint density at radius 2 is 1.90 bits per heavy atom. The maximum absolute atomic E-state index is 12.8. The Hall–Kier alpha value is -2.10. The normalized spacial score (nSPS) is 21.0. The van der Waals surface area contributed by atoms with Gasteiger partial charge in [-0.25, -0.2) is 0 Å². The minimum absolute atomic E-state index is 0.0974. The van der Waals surface area contributed by atoms with E-state index >= 15 is 0 Å². The van der Waals surface area contributed by atoms with Crippen LogP contribution in [0.4, 0.5) is 5.69 Å². The Kier molecular flexibility index (Phi) is 4.78. The number of amides is 1. The van der Waals surface area contributed by atoms with Crippen LogP contribution in [0, 0.1) is 18.8 Å². The van der Waals surface area contributed by atoms with Crippen LogP contribution in [-0.4, -0.2) is 23.5 Å². The standard InChI is InChI=1S/C17H21NO3/c1-3-18(13-8-6-7-12(2)11-13)16(19)14-9-4-5-10-15(14)17(20)21/h4-8,11,14-15H,3,9-10H2,1-2H3,(H,20,21). The molecule has 21 heavy (non-hydrogen) atoms. The second-order valence-corrected chi connectivity index (χ2v) is 5.42. The predicted molar refractivity (Wildman–Crippen MR) is 82.2 cm³/mol. The maximum Gasteiger partial charge on any atom is 0.307 e. The lowest BCUT2D eigenvalue weighted by atomic mass is 9.82. The topological polar surface area (TPSA) is 57.6 Å². The van der Waals surface area contributed by atoms with Gasteiger partial charge in [0, 0.05) is 12.2 Å². The molecule has 1 aliphatic carbocycles. The minimum atomic E-state index is -0.891. The first-order valence-electron chi connectivity index (χ1n) is 7.30. The monoisotopic (exact) mass is 287 g/mol. The van der Waals surface area contributed by atoms with E-state index in [0.29, 0.717) is 19.4 Å². The van der Waals surface area contributed by atoms with Crippen molar-refractivity contribution in [2.75, 3.05) is 11.4 Å². The van der Waals surface area contributed by atoms with Gasteiger partial charge in [-0.2, -0.15) is 0 Å². The summed E-state index contributed by atoms with van der Waals surface area (Å²) >= 11 is 0. The SMILES string of the molecule is CCN(C(=O)C1CC=CCC1C(=O)O)c1cccc(C)c1. The number of hydrogen-bond acceptors (Lipinski definition) is 2. The number of nitrogens with zero attached hydrogens (tertiary/aromatic N) is 1. The molecule has 4 nitrogen and oxygen atoms in total. The third-order valence-corrected chi connectivity index (χ3v) is 3.96. The van der Waals surface area contributed by atoms with E-state index in [4.69, 9.17) is 0 Å². The van der Waals surface area contributed by atoms with Gasteiger partial charge in [0.1, 0.15) is 0 Å². The molecule has 2 atom stereocenters. The molecule has 0 bridgehead atoms. The largest absolute Gasteiger partial charge is 0.481 e. The first-order chi connectivity index (χ1) is 10.0. The van der Waals surface area contributed by atoms with Crippen molar-refractivity contribution >= 4 is 17.6 Å². The van der Waals surface area contributed by atoms with Gasteiger partial charge in [0.05, 0.1) is 11.8 Å². The number of aliphatic carboxylic acids is 1. The lowest BCUT2D eigenvalue weighted by molar-refractivity contribution is -0.146. The zero-order valence-corrected chi connectivity index (χ0v) is 12.5. The highest BCUT2D eigenvalue weighted by Gasteiger charge is 2.36. The van der Waals surface area contributed by atoms with Crippen LogP contribution in [-0.2, 0) is 9.59 Å². The van der Waals surface area contributed by atoms with Crippen molar-refractivity contribution in [1.29, 1.82) is 0 Å². The molecule has 1 aromatic carbocycles. The van der Waals surface area contributed by atoms with E-state index in [-0.39, 0.29) is 5.91 Å². The number of carbonyl (C=O) groups excluding carboxylic acids is 1. The van der Waals surface area contributed by atoms with E-state index in [2.05, 4.69) is 0 Å². The smallest absolute Gasteiger partial charge is 0.307 e. The number of aryl methyl sites for hydroxylation is 1. The molecule has 0 fully saturated rings. The lowest BCUT2D eigenvalue weighted by Crippen LogP contribution is -2.42. The summed E-state index contributed by atoms with van der Waals surface area (Å²) in [4.78, 5) is 25.8. The average Bonchev–Trinajstić information content (AvgIpc) is 2.48. The van der Waals surface area contributed by atoms with E-state index in [9.17, 15) is 14.7 Å². The Morgan fingerprint density at radius 1 is 1.24 bits per heavy atom. The van der Waals surface area contributed by atoms with Crippen LogP contribution in [0.5, 0.6) is 0 Å². The number of rotatable bonds is 4. The summed E-state index contributed by atoms with van der Waals surface area (Å²) in [5, 5.41) is 9.32. The number of allylic oxidation sites excluding steroid dienone is 2. The molecular formula is C17H21NO3. The Labute approximate surface area is 125 Å². The molecule has 1 amide bonds. The highest BCUT2D eigenvalue weighted by atomic mass is 16.4. The van der Waals surface area contributed by atoms with Gasteiger partial charge < -0.3 is 10.0 Å². The number of anilines is 1. The zero-order valence-electron chi connectivity index (χ0n) is 12.5. The number of carboxylic acids is 1. The fraction of sp³-hybridized carbons (Fsp3) is 0.412. The first kappa shape index (κ1) is 15.3. The van der Waals surface area contributed by atoms with Crippen molar-refractivity contribution in [3.05, 3.63) is 42.0 Å². The van der Waals surface area contributed by atoms with Gasteiger partial charge >= 0.3 is 5.97 Å². The van der Waals surface area contributed by atoms with E-state index in [1.165, 1.54) is 0 Å². The van der Waals surface area contributed by atoms with Gasteiger partial charge in [0.25, 0.3) is 0 Å². The van der Waals surface area contributed by atoms with Crippen LogP contribution in [0.2, 0.25) is 0 Å². The molecule has 2 rings (SSSR count). The molecule has 0 aromatic heterocycles. The number of carbonyl (C=O) groups is 2. The van der Waals surface area contributed by atoms with Gasteiger partial charge in [-0.3, -0.25) is 9.59 Å². The molecule has 0 saturated heterocycles. The van der Waals surface area contributed by atoms with Crippen LogP contribution in [0.15, 0.2) is 36.4 Å². The predicted octanol–water partition coefficient (Wildman–Crippen LogP) is 3.01. The van der Waals surface area contributed by atoms with Gasteiger partial charge in [0.2, 0.25) is 5.91 Å². The Bertz CT molecular complexity index is 565. The molecular weight excluding hydrogens is 266 g/mol. The van der Waals surface area contributed by atoms with Gasteiger partial charge in [-0.15, -0.1) is 0 Å². The molecule has 0 radical (unpaired) electrons. The summed E-state index contributed by atoms with van der Waals surface area (Å²) < 4.78 is 0. The molecule has 1 aromatic rings.